The number of para-hydroxylation sites is 2. The third-order valence-electron chi connectivity index (χ3n) is 5.68. The van der Waals surface area contributed by atoms with Crippen LogP contribution in [0.4, 0.5) is 0 Å². The summed E-state index contributed by atoms with van der Waals surface area (Å²) in [6, 6.07) is 21.5. The summed E-state index contributed by atoms with van der Waals surface area (Å²) in [5.74, 6) is 1.73. The van der Waals surface area contributed by atoms with E-state index >= 15 is 0 Å². The lowest BCUT2D eigenvalue weighted by Gasteiger charge is -2.12. The molecule has 0 spiro atoms. The third-order valence-corrected chi connectivity index (χ3v) is 6.11. The number of aromatic nitrogens is 2. The summed E-state index contributed by atoms with van der Waals surface area (Å²) in [4.78, 5) is 17.4. The van der Waals surface area contributed by atoms with Crippen molar-refractivity contribution < 1.29 is 9.53 Å². The van der Waals surface area contributed by atoms with E-state index in [0.29, 0.717) is 25.1 Å². The van der Waals surface area contributed by atoms with Crippen molar-refractivity contribution in [2.75, 3.05) is 13.2 Å². The van der Waals surface area contributed by atoms with Gasteiger partial charge in [0.25, 0.3) is 5.91 Å². The summed E-state index contributed by atoms with van der Waals surface area (Å²) >= 11 is 6.09. The lowest BCUT2D eigenvalue weighted by molar-refractivity contribution is 0.0953. The minimum atomic E-state index is -0.0533. The SMILES string of the molecule is Cc1cc(OCCCn2c(CCNC(=O)c3ccccc3C)nc3ccccc32)ccc1Cl. The average Bonchev–Trinajstić information content (AvgIpc) is 3.16. The number of ether oxygens (including phenoxy) is 1. The van der Waals surface area contributed by atoms with Gasteiger partial charge < -0.3 is 14.6 Å². The molecule has 1 N–H and O–H groups in total. The number of carbonyl (C=O) groups is 1. The van der Waals surface area contributed by atoms with Gasteiger partial charge in [-0.25, -0.2) is 4.98 Å². The van der Waals surface area contributed by atoms with Crippen LogP contribution in [0.15, 0.2) is 66.7 Å². The molecule has 0 bridgehead atoms. The summed E-state index contributed by atoms with van der Waals surface area (Å²) in [6.07, 6.45) is 1.49. The normalized spacial score (nSPS) is 11.0. The molecule has 6 heteroatoms. The molecule has 33 heavy (non-hydrogen) atoms. The van der Waals surface area contributed by atoms with E-state index in [-0.39, 0.29) is 5.91 Å². The molecular weight excluding hydrogens is 434 g/mol. The number of carbonyl (C=O) groups excluding carboxylic acids is 1. The van der Waals surface area contributed by atoms with Crippen LogP contribution < -0.4 is 10.1 Å². The van der Waals surface area contributed by atoms with Crippen LogP contribution in [0.3, 0.4) is 0 Å². The first-order valence-corrected chi connectivity index (χ1v) is 11.6. The Labute approximate surface area is 199 Å². The summed E-state index contributed by atoms with van der Waals surface area (Å²) in [5.41, 5.74) is 4.75. The maximum absolute atomic E-state index is 12.5. The van der Waals surface area contributed by atoms with Gasteiger partial charge in [0.15, 0.2) is 0 Å². The lowest BCUT2D eigenvalue weighted by atomic mass is 10.1. The van der Waals surface area contributed by atoms with Crippen LogP contribution in [-0.2, 0) is 13.0 Å². The predicted molar refractivity (Wildman–Crippen MR) is 133 cm³/mol. The summed E-state index contributed by atoms with van der Waals surface area (Å²) in [5, 5.41) is 3.77. The van der Waals surface area contributed by atoms with E-state index in [2.05, 4.69) is 16.0 Å². The molecule has 4 aromatic rings. The first kappa shape index (κ1) is 22.9. The molecule has 0 aliphatic carbocycles. The molecule has 1 heterocycles. The van der Waals surface area contributed by atoms with Gasteiger partial charge in [0.1, 0.15) is 11.6 Å². The molecule has 0 unspecified atom stereocenters. The number of aryl methyl sites for hydroxylation is 3. The Morgan fingerprint density at radius 1 is 1.03 bits per heavy atom. The van der Waals surface area contributed by atoms with Crippen molar-refractivity contribution in [3.8, 4) is 5.75 Å². The fraction of sp³-hybridized carbons (Fsp3) is 0.259. The Balaban J connectivity index is 1.38. The Hall–Kier alpha value is -3.31. The van der Waals surface area contributed by atoms with Crippen LogP contribution in [0.1, 0.15) is 33.7 Å². The van der Waals surface area contributed by atoms with E-state index in [9.17, 15) is 4.79 Å². The standard InChI is InChI=1S/C27H28ClN3O2/c1-19-8-3-4-9-22(19)27(32)29-15-14-26-30-24-10-5-6-11-25(24)31(26)16-7-17-33-21-12-13-23(28)20(2)18-21/h3-6,8-13,18H,7,14-17H2,1-2H3,(H,29,32). The average molecular weight is 462 g/mol. The molecule has 170 valence electrons. The van der Waals surface area contributed by atoms with Crippen molar-refractivity contribution >= 4 is 28.5 Å². The van der Waals surface area contributed by atoms with E-state index in [0.717, 1.165) is 51.7 Å². The second-order valence-corrected chi connectivity index (χ2v) is 8.51. The minimum Gasteiger partial charge on any atom is -0.494 e. The molecule has 0 saturated carbocycles. The number of benzene rings is 3. The molecule has 0 fully saturated rings. The van der Waals surface area contributed by atoms with Crippen molar-refractivity contribution in [3.05, 3.63) is 94.3 Å². The summed E-state index contributed by atoms with van der Waals surface area (Å²) < 4.78 is 8.14. The molecule has 0 atom stereocenters. The number of rotatable bonds is 9. The zero-order valence-electron chi connectivity index (χ0n) is 19.0. The third kappa shape index (κ3) is 5.55. The Morgan fingerprint density at radius 3 is 2.64 bits per heavy atom. The van der Waals surface area contributed by atoms with Crippen LogP contribution in [0.5, 0.6) is 5.75 Å². The minimum absolute atomic E-state index is 0.0533. The molecule has 1 amide bonds. The van der Waals surface area contributed by atoms with Gasteiger partial charge in [-0.1, -0.05) is 41.9 Å². The number of nitrogens with zero attached hydrogens (tertiary/aromatic N) is 2. The van der Waals surface area contributed by atoms with Crippen LogP contribution in [0.2, 0.25) is 5.02 Å². The fourth-order valence-electron chi connectivity index (χ4n) is 3.90. The molecule has 0 radical (unpaired) electrons. The molecule has 3 aromatic carbocycles. The molecule has 0 saturated heterocycles. The highest BCUT2D eigenvalue weighted by atomic mass is 35.5. The second-order valence-electron chi connectivity index (χ2n) is 8.10. The number of amides is 1. The molecule has 1 aromatic heterocycles. The monoisotopic (exact) mass is 461 g/mol. The molecule has 4 rings (SSSR count). The molecular formula is C27H28ClN3O2. The Kier molecular flexibility index (Phi) is 7.30. The fourth-order valence-corrected chi connectivity index (χ4v) is 4.01. The van der Waals surface area contributed by atoms with Gasteiger partial charge in [-0.3, -0.25) is 4.79 Å². The second kappa shape index (κ2) is 10.5. The van der Waals surface area contributed by atoms with Crippen molar-refractivity contribution in [3.63, 3.8) is 0 Å². The van der Waals surface area contributed by atoms with Crippen molar-refractivity contribution in [2.24, 2.45) is 0 Å². The van der Waals surface area contributed by atoms with Gasteiger partial charge in [-0.05, 0) is 67.8 Å². The van der Waals surface area contributed by atoms with Crippen LogP contribution in [0, 0.1) is 13.8 Å². The predicted octanol–water partition coefficient (Wildman–Crippen LogP) is 5.75. The topological polar surface area (TPSA) is 56.1 Å². The van der Waals surface area contributed by atoms with E-state index in [1.807, 2.05) is 74.5 Å². The maximum Gasteiger partial charge on any atom is 0.251 e. The van der Waals surface area contributed by atoms with Gasteiger partial charge in [0, 0.05) is 30.1 Å². The Morgan fingerprint density at radius 2 is 1.82 bits per heavy atom. The number of halogens is 1. The van der Waals surface area contributed by atoms with Gasteiger partial charge in [-0.15, -0.1) is 0 Å². The highest BCUT2D eigenvalue weighted by Crippen LogP contribution is 2.21. The smallest absolute Gasteiger partial charge is 0.251 e. The van der Waals surface area contributed by atoms with Gasteiger partial charge in [0.2, 0.25) is 0 Å². The Bertz CT molecular complexity index is 1270. The lowest BCUT2D eigenvalue weighted by Crippen LogP contribution is -2.27. The molecule has 0 aliphatic heterocycles. The van der Waals surface area contributed by atoms with E-state index in [1.165, 1.54) is 0 Å². The maximum atomic E-state index is 12.5. The zero-order valence-corrected chi connectivity index (χ0v) is 19.7. The number of fused-ring (bicyclic) bond motifs is 1. The van der Waals surface area contributed by atoms with Crippen molar-refractivity contribution in [1.82, 2.24) is 14.9 Å². The van der Waals surface area contributed by atoms with Crippen molar-refractivity contribution in [2.45, 2.75) is 33.2 Å². The largest absolute Gasteiger partial charge is 0.494 e. The van der Waals surface area contributed by atoms with E-state index in [1.54, 1.807) is 0 Å². The van der Waals surface area contributed by atoms with Gasteiger partial charge >= 0.3 is 0 Å². The summed E-state index contributed by atoms with van der Waals surface area (Å²) in [7, 11) is 0. The van der Waals surface area contributed by atoms with E-state index in [4.69, 9.17) is 21.3 Å². The number of imidazole rings is 1. The highest BCUT2D eigenvalue weighted by Gasteiger charge is 2.12. The van der Waals surface area contributed by atoms with Crippen LogP contribution in [0.25, 0.3) is 11.0 Å². The summed E-state index contributed by atoms with van der Waals surface area (Å²) in [6.45, 7) is 5.82. The van der Waals surface area contributed by atoms with Crippen molar-refractivity contribution in [1.29, 1.82) is 0 Å². The van der Waals surface area contributed by atoms with Crippen LogP contribution in [-0.4, -0.2) is 28.6 Å². The van der Waals surface area contributed by atoms with Gasteiger partial charge in [0.05, 0.1) is 17.6 Å². The quantitative estimate of drug-likeness (QED) is 0.323. The first-order valence-electron chi connectivity index (χ1n) is 11.2. The van der Waals surface area contributed by atoms with Gasteiger partial charge in [-0.2, -0.15) is 0 Å². The number of hydrogen-bond donors (Lipinski definition) is 1. The number of nitrogens with one attached hydrogen (secondary N) is 1. The first-order chi connectivity index (χ1) is 16.0. The van der Waals surface area contributed by atoms with Crippen LogP contribution >= 0.6 is 11.6 Å². The molecule has 5 nitrogen and oxygen atoms in total. The van der Waals surface area contributed by atoms with E-state index < -0.39 is 0 Å². The highest BCUT2D eigenvalue weighted by molar-refractivity contribution is 6.31. The zero-order chi connectivity index (χ0) is 23.2. The molecule has 0 aliphatic rings. The number of hydrogen-bond acceptors (Lipinski definition) is 3.